The standard InChI is InChI=1S/C18H19N3O3/c22-16(13-21-11-5-9-17(21)23)20-12-14-6-4-10-19-18(14)24-15-7-2-1-3-8-15/h1-4,6-8,10H,5,9,11-13H2,(H,20,22). The second kappa shape index (κ2) is 7.59. The number of pyridine rings is 1. The van der Waals surface area contributed by atoms with Crippen molar-refractivity contribution in [3.63, 3.8) is 0 Å². The highest BCUT2D eigenvalue weighted by atomic mass is 16.5. The molecule has 0 bridgehead atoms. The summed E-state index contributed by atoms with van der Waals surface area (Å²) in [7, 11) is 0. The molecule has 0 spiro atoms. The lowest BCUT2D eigenvalue weighted by molar-refractivity contribution is -0.133. The zero-order valence-corrected chi connectivity index (χ0v) is 13.3. The van der Waals surface area contributed by atoms with E-state index in [1.165, 1.54) is 0 Å². The monoisotopic (exact) mass is 325 g/mol. The van der Waals surface area contributed by atoms with E-state index in [-0.39, 0.29) is 18.4 Å². The molecule has 6 nitrogen and oxygen atoms in total. The normalized spacial score (nSPS) is 13.8. The number of benzene rings is 1. The van der Waals surface area contributed by atoms with Gasteiger partial charge in [-0.15, -0.1) is 0 Å². The Labute approximate surface area is 140 Å². The Morgan fingerprint density at radius 2 is 2.04 bits per heavy atom. The van der Waals surface area contributed by atoms with Crippen LogP contribution in [0.3, 0.4) is 0 Å². The molecule has 3 rings (SSSR count). The smallest absolute Gasteiger partial charge is 0.239 e. The first-order valence-electron chi connectivity index (χ1n) is 7.93. The van der Waals surface area contributed by atoms with Gasteiger partial charge in [-0.1, -0.05) is 24.3 Å². The largest absolute Gasteiger partial charge is 0.439 e. The van der Waals surface area contributed by atoms with Crippen molar-refractivity contribution in [2.75, 3.05) is 13.1 Å². The molecule has 2 amide bonds. The topological polar surface area (TPSA) is 71.5 Å². The van der Waals surface area contributed by atoms with Gasteiger partial charge >= 0.3 is 0 Å². The Kier molecular flexibility index (Phi) is 5.05. The molecule has 0 aliphatic carbocycles. The van der Waals surface area contributed by atoms with Crippen LogP contribution in [-0.4, -0.2) is 34.8 Å². The van der Waals surface area contributed by atoms with Gasteiger partial charge in [-0.05, 0) is 24.6 Å². The van der Waals surface area contributed by atoms with E-state index in [1.807, 2.05) is 36.4 Å². The third kappa shape index (κ3) is 4.10. The van der Waals surface area contributed by atoms with Crippen LogP contribution in [0.4, 0.5) is 0 Å². The molecule has 24 heavy (non-hydrogen) atoms. The molecule has 2 heterocycles. The Morgan fingerprint density at radius 3 is 2.79 bits per heavy atom. The average Bonchev–Trinajstić information content (AvgIpc) is 3.00. The van der Waals surface area contributed by atoms with Gasteiger partial charge in [0.15, 0.2) is 0 Å². The van der Waals surface area contributed by atoms with E-state index in [9.17, 15) is 9.59 Å². The van der Waals surface area contributed by atoms with E-state index >= 15 is 0 Å². The van der Waals surface area contributed by atoms with Gasteiger partial charge in [-0.3, -0.25) is 9.59 Å². The molecule has 1 aliphatic rings. The average molecular weight is 325 g/mol. The Hall–Kier alpha value is -2.89. The van der Waals surface area contributed by atoms with Crippen molar-refractivity contribution in [2.24, 2.45) is 0 Å². The Bertz CT molecular complexity index is 718. The second-order valence-corrected chi connectivity index (χ2v) is 5.58. The Morgan fingerprint density at radius 1 is 1.21 bits per heavy atom. The summed E-state index contributed by atoms with van der Waals surface area (Å²) in [4.78, 5) is 29.4. The van der Waals surface area contributed by atoms with Gasteiger partial charge in [0.2, 0.25) is 17.7 Å². The number of para-hydroxylation sites is 1. The van der Waals surface area contributed by atoms with Crippen LogP contribution in [0.15, 0.2) is 48.7 Å². The number of carbonyl (C=O) groups is 2. The van der Waals surface area contributed by atoms with Crippen LogP contribution < -0.4 is 10.1 Å². The maximum atomic E-state index is 12.0. The van der Waals surface area contributed by atoms with Crippen molar-refractivity contribution in [3.8, 4) is 11.6 Å². The quantitative estimate of drug-likeness (QED) is 0.883. The van der Waals surface area contributed by atoms with Crippen molar-refractivity contribution in [3.05, 3.63) is 54.2 Å². The number of amides is 2. The highest BCUT2D eigenvalue weighted by Gasteiger charge is 2.22. The lowest BCUT2D eigenvalue weighted by atomic mass is 10.2. The van der Waals surface area contributed by atoms with Crippen molar-refractivity contribution in [1.82, 2.24) is 15.2 Å². The number of nitrogens with one attached hydrogen (secondary N) is 1. The molecule has 0 saturated carbocycles. The minimum atomic E-state index is -0.181. The molecule has 1 aliphatic heterocycles. The molecule has 0 radical (unpaired) electrons. The fraction of sp³-hybridized carbons (Fsp3) is 0.278. The molecule has 1 N–H and O–H groups in total. The molecular weight excluding hydrogens is 306 g/mol. The summed E-state index contributed by atoms with van der Waals surface area (Å²) in [6.45, 7) is 1.06. The van der Waals surface area contributed by atoms with Gasteiger partial charge in [0, 0.05) is 31.3 Å². The van der Waals surface area contributed by atoms with Crippen LogP contribution in [0.1, 0.15) is 18.4 Å². The fourth-order valence-electron chi connectivity index (χ4n) is 2.54. The zero-order chi connectivity index (χ0) is 16.8. The van der Waals surface area contributed by atoms with Gasteiger partial charge in [0.25, 0.3) is 0 Å². The molecule has 1 aromatic heterocycles. The number of ether oxygens (including phenoxy) is 1. The highest BCUT2D eigenvalue weighted by molar-refractivity contribution is 5.85. The fourth-order valence-corrected chi connectivity index (χ4v) is 2.54. The third-order valence-corrected chi connectivity index (χ3v) is 3.79. The van der Waals surface area contributed by atoms with Gasteiger partial charge in [-0.25, -0.2) is 4.98 Å². The zero-order valence-electron chi connectivity index (χ0n) is 13.3. The van der Waals surface area contributed by atoms with Crippen molar-refractivity contribution in [2.45, 2.75) is 19.4 Å². The van der Waals surface area contributed by atoms with Crippen LogP contribution in [0, 0.1) is 0 Å². The predicted octanol–water partition coefficient (Wildman–Crippen LogP) is 2.11. The molecule has 124 valence electrons. The van der Waals surface area contributed by atoms with Gasteiger partial charge in [0.1, 0.15) is 5.75 Å². The lowest BCUT2D eigenvalue weighted by Crippen LogP contribution is -2.37. The van der Waals surface area contributed by atoms with Crippen LogP contribution >= 0.6 is 0 Å². The number of likely N-dealkylation sites (tertiary alicyclic amines) is 1. The van der Waals surface area contributed by atoms with Crippen LogP contribution in [0.5, 0.6) is 11.6 Å². The molecule has 6 heteroatoms. The molecule has 0 atom stereocenters. The summed E-state index contributed by atoms with van der Waals surface area (Å²) in [6, 6.07) is 13.0. The van der Waals surface area contributed by atoms with Crippen LogP contribution in [0.25, 0.3) is 0 Å². The van der Waals surface area contributed by atoms with E-state index in [0.717, 1.165) is 12.0 Å². The minimum Gasteiger partial charge on any atom is -0.439 e. The summed E-state index contributed by atoms with van der Waals surface area (Å²) >= 11 is 0. The number of nitrogens with zero attached hydrogens (tertiary/aromatic N) is 2. The summed E-state index contributed by atoms with van der Waals surface area (Å²) in [5, 5.41) is 2.82. The molecule has 1 saturated heterocycles. The van der Waals surface area contributed by atoms with Crippen LogP contribution in [0.2, 0.25) is 0 Å². The maximum Gasteiger partial charge on any atom is 0.239 e. The number of carbonyl (C=O) groups excluding carboxylic acids is 2. The third-order valence-electron chi connectivity index (χ3n) is 3.79. The first kappa shape index (κ1) is 16.0. The summed E-state index contributed by atoms with van der Waals surface area (Å²) < 4.78 is 5.77. The van der Waals surface area contributed by atoms with Crippen molar-refractivity contribution in [1.29, 1.82) is 0 Å². The minimum absolute atomic E-state index is 0.0413. The molecule has 2 aromatic rings. The SMILES string of the molecule is O=C(CN1CCCC1=O)NCc1cccnc1Oc1ccccc1. The summed E-state index contributed by atoms with van der Waals surface area (Å²) in [6.07, 6.45) is 3.00. The number of aromatic nitrogens is 1. The van der Waals surface area contributed by atoms with E-state index in [1.54, 1.807) is 17.2 Å². The first-order chi connectivity index (χ1) is 11.7. The number of hydrogen-bond acceptors (Lipinski definition) is 4. The maximum absolute atomic E-state index is 12.0. The predicted molar refractivity (Wildman–Crippen MR) is 88.4 cm³/mol. The molecular formula is C18H19N3O3. The van der Waals surface area contributed by atoms with Gasteiger partial charge < -0.3 is 15.0 Å². The van der Waals surface area contributed by atoms with Crippen molar-refractivity contribution < 1.29 is 14.3 Å². The van der Waals surface area contributed by atoms with Crippen molar-refractivity contribution >= 4 is 11.8 Å². The first-order valence-corrected chi connectivity index (χ1v) is 7.93. The highest BCUT2D eigenvalue weighted by Crippen LogP contribution is 2.22. The van der Waals surface area contributed by atoms with Gasteiger partial charge in [-0.2, -0.15) is 0 Å². The molecule has 1 fully saturated rings. The van der Waals surface area contributed by atoms with E-state index in [4.69, 9.17) is 4.74 Å². The van der Waals surface area contributed by atoms with E-state index < -0.39 is 0 Å². The van der Waals surface area contributed by atoms with E-state index in [0.29, 0.717) is 31.1 Å². The van der Waals surface area contributed by atoms with Crippen LogP contribution in [-0.2, 0) is 16.1 Å². The van der Waals surface area contributed by atoms with E-state index in [2.05, 4.69) is 10.3 Å². The summed E-state index contributed by atoms with van der Waals surface area (Å²) in [5.74, 6) is 1.01. The second-order valence-electron chi connectivity index (χ2n) is 5.58. The number of hydrogen-bond donors (Lipinski definition) is 1. The lowest BCUT2D eigenvalue weighted by Gasteiger charge is -2.15. The summed E-state index contributed by atoms with van der Waals surface area (Å²) in [5.41, 5.74) is 0.780. The molecule has 0 unspecified atom stereocenters. The molecule has 1 aromatic carbocycles. The Balaban J connectivity index is 1.59. The van der Waals surface area contributed by atoms with Gasteiger partial charge in [0.05, 0.1) is 6.54 Å². The number of rotatable bonds is 6.